The maximum atomic E-state index is 12.5. The summed E-state index contributed by atoms with van der Waals surface area (Å²) in [5, 5.41) is 9.90. The lowest BCUT2D eigenvalue weighted by Crippen LogP contribution is -2.08. The predicted octanol–water partition coefficient (Wildman–Crippen LogP) is 4.03. The zero-order valence-electron chi connectivity index (χ0n) is 10.2. The van der Waals surface area contributed by atoms with E-state index in [0.717, 1.165) is 12.3 Å². The largest absolute Gasteiger partial charge is 0.417 e. The maximum Gasteiger partial charge on any atom is 0.417 e. The van der Waals surface area contributed by atoms with Gasteiger partial charge in [-0.15, -0.1) is 0 Å². The van der Waals surface area contributed by atoms with Crippen LogP contribution in [0.4, 0.5) is 13.2 Å². The Balaban J connectivity index is 2.18. The average Bonchev–Trinajstić information content (AvgIpc) is 2.41. The molecule has 20 heavy (non-hydrogen) atoms. The summed E-state index contributed by atoms with van der Waals surface area (Å²) in [5.41, 5.74) is -0.0123. The van der Waals surface area contributed by atoms with Crippen LogP contribution in [0, 0.1) is 0 Å². The van der Waals surface area contributed by atoms with Gasteiger partial charge in [-0.3, -0.25) is 4.98 Å². The van der Waals surface area contributed by atoms with Gasteiger partial charge in [0.05, 0.1) is 22.4 Å². The van der Waals surface area contributed by atoms with Crippen molar-refractivity contribution in [2.45, 2.75) is 18.7 Å². The molecule has 0 spiro atoms. The Morgan fingerprint density at radius 2 is 1.85 bits per heavy atom. The van der Waals surface area contributed by atoms with Crippen molar-refractivity contribution in [3.05, 3.63) is 64.4 Å². The molecule has 1 heterocycles. The third-order valence-electron chi connectivity index (χ3n) is 2.82. The second kappa shape index (κ2) is 5.81. The number of aromatic nitrogens is 1. The molecule has 1 unspecified atom stereocenters. The Kier molecular flexibility index (Phi) is 4.30. The molecule has 0 saturated heterocycles. The zero-order chi connectivity index (χ0) is 14.8. The summed E-state index contributed by atoms with van der Waals surface area (Å²) in [5.74, 6) is 0. The van der Waals surface area contributed by atoms with Crippen molar-refractivity contribution < 1.29 is 18.3 Å². The topological polar surface area (TPSA) is 33.1 Å². The van der Waals surface area contributed by atoms with E-state index in [2.05, 4.69) is 4.98 Å². The third-order valence-corrected chi connectivity index (χ3v) is 3.14. The maximum absolute atomic E-state index is 12.5. The van der Waals surface area contributed by atoms with Gasteiger partial charge in [0, 0.05) is 12.6 Å². The fourth-order valence-corrected chi connectivity index (χ4v) is 1.99. The van der Waals surface area contributed by atoms with Crippen molar-refractivity contribution in [2.24, 2.45) is 0 Å². The van der Waals surface area contributed by atoms with E-state index in [1.807, 2.05) is 0 Å². The van der Waals surface area contributed by atoms with Gasteiger partial charge in [0.1, 0.15) is 0 Å². The quantitative estimate of drug-likeness (QED) is 0.928. The van der Waals surface area contributed by atoms with Crippen LogP contribution in [-0.2, 0) is 12.6 Å². The molecule has 1 atom stereocenters. The van der Waals surface area contributed by atoms with Gasteiger partial charge in [0.15, 0.2) is 0 Å². The van der Waals surface area contributed by atoms with Crippen LogP contribution in [-0.4, -0.2) is 10.1 Å². The van der Waals surface area contributed by atoms with Gasteiger partial charge in [0.25, 0.3) is 0 Å². The lowest BCUT2D eigenvalue weighted by atomic mass is 10.0. The average molecular weight is 302 g/mol. The van der Waals surface area contributed by atoms with E-state index in [9.17, 15) is 18.3 Å². The number of hydrogen-bond donors (Lipinski definition) is 1. The molecule has 2 nitrogen and oxygen atoms in total. The first-order valence-corrected chi connectivity index (χ1v) is 6.20. The van der Waals surface area contributed by atoms with Gasteiger partial charge < -0.3 is 5.11 Å². The summed E-state index contributed by atoms with van der Waals surface area (Å²) < 4.78 is 37.4. The number of hydrogen-bond acceptors (Lipinski definition) is 2. The van der Waals surface area contributed by atoms with E-state index in [1.54, 1.807) is 30.3 Å². The summed E-state index contributed by atoms with van der Waals surface area (Å²) in [6.07, 6.45) is -4.56. The predicted molar refractivity (Wildman–Crippen MR) is 69.4 cm³/mol. The van der Waals surface area contributed by atoms with Gasteiger partial charge in [0.2, 0.25) is 0 Å². The molecule has 2 rings (SSSR count). The van der Waals surface area contributed by atoms with Crippen LogP contribution < -0.4 is 0 Å². The summed E-state index contributed by atoms with van der Waals surface area (Å²) in [6, 6.07) is 9.60. The highest BCUT2D eigenvalue weighted by molar-refractivity contribution is 6.31. The highest BCUT2D eigenvalue weighted by atomic mass is 35.5. The van der Waals surface area contributed by atoms with Gasteiger partial charge >= 0.3 is 6.18 Å². The Hall–Kier alpha value is -1.59. The number of alkyl halides is 3. The summed E-state index contributed by atoms with van der Waals surface area (Å²) in [4.78, 5) is 3.70. The van der Waals surface area contributed by atoms with Crippen molar-refractivity contribution in [1.82, 2.24) is 4.98 Å². The molecule has 1 aromatic heterocycles. The molecular formula is C14H11ClF3NO. The molecule has 0 aliphatic heterocycles. The van der Waals surface area contributed by atoms with E-state index in [-0.39, 0.29) is 17.1 Å². The number of pyridine rings is 1. The van der Waals surface area contributed by atoms with Crippen molar-refractivity contribution in [2.75, 3.05) is 0 Å². The van der Waals surface area contributed by atoms with Crippen LogP contribution in [0.1, 0.15) is 22.9 Å². The van der Waals surface area contributed by atoms with Gasteiger partial charge in [-0.05, 0) is 11.6 Å². The van der Waals surface area contributed by atoms with Crippen LogP contribution >= 0.6 is 11.6 Å². The molecule has 0 aliphatic carbocycles. The Bertz CT molecular complexity index is 587. The summed E-state index contributed by atoms with van der Waals surface area (Å²) in [7, 11) is 0. The molecule has 0 amide bonds. The van der Waals surface area contributed by atoms with Crippen LogP contribution in [0.3, 0.4) is 0 Å². The molecule has 0 fully saturated rings. The van der Waals surface area contributed by atoms with Gasteiger partial charge in [-0.25, -0.2) is 0 Å². The summed E-state index contributed by atoms with van der Waals surface area (Å²) >= 11 is 5.79. The SMILES string of the molecule is OC(Cc1ncc(C(F)(F)F)cc1Cl)c1ccccc1. The minimum absolute atomic E-state index is 0.0565. The molecule has 106 valence electrons. The van der Waals surface area contributed by atoms with Crippen molar-refractivity contribution in [1.29, 1.82) is 0 Å². The van der Waals surface area contributed by atoms with E-state index in [0.29, 0.717) is 5.56 Å². The first kappa shape index (κ1) is 14.8. The fourth-order valence-electron chi connectivity index (χ4n) is 1.75. The van der Waals surface area contributed by atoms with Crippen LogP contribution in [0.25, 0.3) is 0 Å². The number of nitrogens with zero attached hydrogens (tertiary/aromatic N) is 1. The Morgan fingerprint density at radius 3 is 2.40 bits per heavy atom. The van der Waals surface area contributed by atoms with E-state index in [1.165, 1.54) is 0 Å². The number of halogens is 4. The normalized spacial score (nSPS) is 13.2. The lowest BCUT2D eigenvalue weighted by Gasteiger charge is -2.13. The van der Waals surface area contributed by atoms with E-state index < -0.39 is 17.8 Å². The first-order valence-electron chi connectivity index (χ1n) is 5.82. The minimum Gasteiger partial charge on any atom is -0.388 e. The molecule has 0 bridgehead atoms. The molecule has 0 radical (unpaired) electrons. The van der Waals surface area contributed by atoms with Gasteiger partial charge in [-0.2, -0.15) is 13.2 Å². The van der Waals surface area contributed by atoms with Crippen LogP contribution in [0.15, 0.2) is 42.6 Å². The Labute approximate surface area is 118 Å². The zero-order valence-corrected chi connectivity index (χ0v) is 11.0. The van der Waals surface area contributed by atoms with Gasteiger partial charge in [-0.1, -0.05) is 41.9 Å². The molecule has 6 heteroatoms. The number of rotatable bonds is 3. The van der Waals surface area contributed by atoms with E-state index in [4.69, 9.17) is 11.6 Å². The summed E-state index contributed by atoms with van der Waals surface area (Å²) in [6.45, 7) is 0. The molecule has 0 aliphatic rings. The lowest BCUT2D eigenvalue weighted by molar-refractivity contribution is -0.137. The highest BCUT2D eigenvalue weighted by Gasteiger charge is 2.31. The minimum atomic E-state index is -4.48. The fraction of sp³-hybridized carbons (Fsp3) is 0.214. The Morgan fingerprint density at radius 1 is 1.20 bits per heavy atom. The highest BCUT2D eigenvalue weighted by Crippen LogP contribution is 2.32. The molecule has 2 aromatic rings. The number of aliphatic hydroxyl groups is 1. The second-order valence-corrected chi connectivity index (χ2v) is 4.69. The second-order valence-electron chi connectivity index (χ2n) is 4.28. The third kappa shape index (κ3) is 3.49. The molecule has 1 N–H and O–H groups in total. The van der Waals surface area contributed by atoms with Crippen LogP contribution in [0.5, 0.6) is 0 Å². The number of benzene rings is 1. The van der Waals surface area contributed by atoms with Crippen LogP contribution in [0.2, 0.25) is 5.02 Å². The molecule has 1 aromatic carbocycles. The standard InChI is InChI=1S/C14H11ClF3NO/c15-11-6-10(14(16,17)18)8-19-12(11)7-13(20)9-4-2-1-3-5-9/h1-6,8,13,20H,7H2. The number of aliphatic hydroxyl groups excluding tert-OH is 1. The first-order chi connectivity index (χ1) is 9.38. The van der Waals surface area contributed by atoms with Crippen molar-refractivity contribution in [3.63, 3.8) is 0 Å². The smallest absolute Gasteiger partial charge is 0.388 e. The van der Waals surface area contributed by atoms with E-state index >= 15 is 0 Å². The van der Waals surface area contributed by atoms with Crippen molar-refractivity contribution >= 4 is 11.6 Å². The molecule has 0 saturated carbocycles. The van der Waals surface area contributed by atoms with Crippen molar-refractivity contribution in [3.8, 4) is 0 Å². The monoisotopic (exact) mass is 301 g/mol. The molecular weight excluding hydrogens is 291 g/mol.